The number of aryl methyl sites for hydroxylation is 1. The summed E-state index contributed by atoms with van der Waals surface area (Å²) in [6, 6.07) is 13.3. The van der Waals surface area contributed by atoms with Crippen LogP contribution in [0.2, 0.25) is 5.02 Å². The van der Waals surface area contributed by atoms with Gasteiger partial charge in [-0.05, 0) is 19.1 Å². The van der Waals surface area contributed by atoms with Crippen molar-refractivity contribution in [3.8, 4) is 11.6 Å². The Morgan fingerprint density at radius 1 is 1.09 bits per heavy atom. The highest BCUT2D eigenvalue weighted by molar-refractivity contribution is 6.35. The molecule has 0 fully saturated rings. The lowest BCUT2D eigenvalue weighted by atomic mass is 10.1. The fourth-order valence-corrected chi connectivity index (χ4v) is 2.63. The summed E-state index contributed by atoms with van der Waals surface area (Å²) in [5.74, 6) is 1.78. The van der Waals surface area contributed by atoms with Crippen molar-refractivity contribution >= 4 is 28.2 Å². The van der Waals surface area contributed by atoms with Gasteiger partial charge in [0.1, 0.15) is 12.1 Å². The van der Waals surface area contributed by atoms with E-state index in [-0.39, 0.29) is 0 Å². The highest BCUT2D eigenvalue weighted by Crippen LogP contribution is 2.34. The van der Waals surface area contributed by atoms with E-state index in [4.69, 9.17) is 16.3 Å². The summed E-state index contributed by atoms with van der Waals surface area (Å²) in [7, 11) is 0. The van der Waals surface area contributed by atoms with Crippen LogP contribution < -0.4 is 4.74 Å². The zero-order valence-electron chi connectivity index (χ0n) is 11.7. The maximum Gasteiger partial charge on any atom is 0.255 e. The van der Waals surface area contributed by atoms with E-state index in [0.717, 1.165) is 16.5 Å². The van der Waals surface area contributed by atoms with E-state index in [1.807, 2.05) is 49.4 Å². The van der Waals surface area contributed by atoms with Crippen molar-refractivity contribution in [1.29, 1.82) is 0 Å². The van der Waals surface area contributed by atoms with Crippen molar-refractivity contribution in [2.45, 2.75) is 6.92 Å². The van der Waals surface area contributed by atoms with Gasteiger partial charge in [0.05, 0.1) is 0 Å². The summed E-state index contributed by atoms with van der Waals surface area (Å²) < 4.78 is 7.63. The van der Waals surface area contributed by atoms with E-state index in [9.17, 15) is 0 Å². The Labute approximate surface area is 131 Å². The summed E-state index contributed by atoms with van der Waals surface area (Å²) in [6.07, 6.45) is 1.45. The third-order valence-corrected chi connectivity index (χ3v) is 3.72. The minimum atomic E-state index is 0.508. The Morgan fingerprint density at radius 2 is 1.91 bits per heavy atom. The van der Waals surface area contributed by atoms with Gasteiger partial charge in [0.15, 0.2) is 0 Å². The minimum absolute atomic E-state index is 0.508. The molecule has 0 N–H and O–H groups in total. The molecule has 2 heterocycles. The Morgan fingerprint density at radius 3 is 2.77 bits per heavy atom. The van der Waals surface area contributed by atoms with Crippen LogP contribution in [0.25, 0.3) is 16.6 Å². The van der Waals surface area contributed by atoms with Gasteiger partial charge in [0, 0.05) is 27.6 Å². The lowest BCUT2D eigenvalue weighted by Crippen LogP contribution is -1.99. The average molecular weight is 311 g/mol. The molecule has 5 nitrogen and oxygen atoms in total. The first kappa shape index (κ1) is 13.0. The van der Waals surface area contributed by atoms with Crippen LogP contribution >= 0.6 is 11.6 Å². The Kier molecular flexibility index (Phi) is 2.94. The second-order valence-electron chi connectivity index (χ2n) is 4.90. The SMILES string of the molecule is Cc1cc(Oc2ccc(Cl)c3ccccc23)n2ncnc2n1. The summed E-state index contributed by atoms with van der Waals surface area (Å²) in [5.41, 5.74) is 0.814. The predicted molar refractivity (Wildman–Crippen MR) is 84.6 cm³/mol. The molecular weight excluding hydrogens is 300 g/mol. The molecule has 0 aliphatic heterocycles. The lowest BCUT2D eigenvalue weighted by molar-refractivity contribution is 0.450. The van der Waals surface area contributed by atoms with E-state index >= 15 is 0 Å². The molecule has 0 saturated heterocycles. The third-order valence-electron chi connectivity index (χ3n) is 3.39. The Hall–Kier alpha value is -2.66. The summed E-state index contributed by atoms with van der Waals surface area (Å²) in [6.45, 7) is 1.89. The normalized spacial score (nSPS) is 11.2. The molecule has 6 heteroatoms. The predicted octanol–water partition coefficient (Wildman–Crippen LogP) is 4.03. The van der Waals surface area contributed by atoms with Crippen LogP contribution in [0.5, 0.6) is 11.6 Å². The van der Waals surface area contributed by atoms with E-state index in [2.05, 4.69) is 15.1 Å². The van der Waals surface area contributed by atoms with Gasteiger partial charge in [-0.3, -0.25) is 0 Å². The van der Waals surface area contributed by atoms with E-state index < -0.39 is 0 Å². The standard InChI is InChI=1S/C16H11ClN4O/c1-10-8-15(21-16(20-10)18-9-19-21)22-14-7-6-13(17)11-4-2-3-5-12(11)14/h2-9H,1H3. The molecule has 4 aromatic rings. The van der Waals surface area contributed by atoms with Crippen molar-refractivity contribution in [1.82, 2.24) is 19.6 Å². The number of nitrogens with zero attached hydrogens (tertiary/aromatic N) is 4. The summed E-state index contributed by atoms with van der Waals surface area (Å²) >= 11 is 6.24. The van der Waals surface area contributed by atoms with Crippen LogP contribution in [0.1, 0.15) is 5.69 Å². The zero-order chi connectivity index (χ0) is 15.1. The number of hydrogen-bond donors (Lipinski definition) is 0. The van der Waals surface area contributed by atoms with Crippen molar-refractivity contribution in [3.63, 3.8) is 0 Å². The largest absolute Gasteiger partial charge is 0.438 e. The number of halogens is 1. The maximum atomic E-state index is 6.24. The number of benzene rings is 2. The molecule has 2 aromatic carbocycles. The van der Waals surface area contributed by atoms with Crippen LogP contribution in [0.4, 0.5) is 0 Å². The van der Waals surface area contributed by atoms with E-state index in [0.29, 0.717) is 22.4 Å². The minimum Gasteiger partial charge on any atom is -0.438 e. The summed E-state index contributed by atoms with van der Waals surface area (Å²) in [5, 5.41) is 6.73. The number of ether oxygens (including phenoxy) is 1. The highest BCUT2D eigenvalue weighted by atomic mass is 35.5. The van der Waals surface area contributed by atoms with Crippen molar-refractivity contribution in [3.05, 3.63) is 59.5 Å². The topological polar surface area (TPSA) is 52.3 Å². The van der Waals surface area contributed by atoms with Gasteiger partial charge in [-0.25, -0.2) is 4.98 Å². The second kappa shape index (κ2) is 4.96. The Bertz CT molecular complexity index is 996. The molecule has 4 rings (SSSR count). The molecule has 22 heavy (non-hydrogen) atoms. The molecule has 0 atom stereocenters. The van der Waals surface area contributed by atoms with Crippen LogP contribution in [0, 0.1) is 6.92 Å². The van der Waals surface area contributed by atoms with Crippen LogP contribution in [-0.4, -0.2) is 19.6 Å². The monoisotopic (exact) mass is 310 g/mol. The zero-order valence-corrected chi connectivity index (χ0v) is 12.4. The second-order valence-corrected chi connectivity index (χ2v) is 5.31. The molecule has 0 amide bonds. The first-order chi connectivity index (χ1) is 10.7. The van der Waals surface area contributed by atoms with E-state index in [1.165, 1.54) is 6.33 Å². The smallest absolute Gasteiger partial charge is 0.255 e. The molecule has 0 radical (unpaired) electrons. The van der Waals surface area contributed by atoms with E-state index in [1.54, 1.807) is 4.52 Å². The quantitative estimate of drug-likeness (QED) is 0.561. The molecule has 108 valence electrons. The molecule has 0 unspecified atom stereocenters. The van der Waals surface area contributed by atoms with Crippen molar-refractivity contribution in [2.24, 2.45) is 0 Å². The number of aromatic nitrogens is 4. The third kappa shape index (κ3) is 2.07. The summed E-state index contributed by atoms with van der Waals surface area (Å²) in [4.78, 5) is 8.40. The molecule has 0 bridgehead atoms. The molecule has 0 aliphatic carbocycles. The van der Waals surface area contributed by atoms with Crippen molar-refractivity contribution < 1.29 is 4.74 Å². The fraction of sp³-hybridized carbons (Fsp3) is 0.0625. The van der Waals surface area contributed by atoms with Gasteiger partial charge < -0.3 is 4.74 Å². The average Bonchev–Trinajstić information content (AvgIpc) is 2.98. The number of rotatable bonds is 2. The molecular formula is C16H11ClN4O. The first-order valence-corrected chi connectivity index (χ1v) is 7.13. The first-order valence-electron chi connectivity index (χ1n) is 6.75. The van der Waals surface area contributed by atoms with Gasteiger partial charge in [-0.2, -0.15) is 14.6 Å². The lowest BCUT2D eigenvalue weighted by Gasteiger charge is -2.11. The van der Waals surface area contributed by atoms with Crippen molar-refractivity contribution in [2.75, 3.05) is 0 Å². The van der Waals surface area contributed by atoms with Gasteiger partial charge in [-0.15, -0.1) is 0 Å². The van der Waals surface area contributed by atoms with Crippen LogP contribution in [-0.2, 0) is 0 Å². The molecule has 0 spiro atoms. The highest BCUT2D eigenvalue weighted by Gasteiger charge is 2.11. The molecule has 0 saturated carbocycles. The van der Waals surface area contributed by atoms with Gasteiger partial charge in [0.25, 0.3) is 5.78 Å². The maximum absolute atomic E-state index is 6.24. The number of hydrogen-bond acceptors (Lipinski definition) is 4. The van der Waals surface area contributed by atoms with Crippen LogP contribution in [0.15, 0.2) is 48.8 Å². The fourth-order valence-electron chi connectivity index (χ4n) is 2.41. The van der Waals surface area contributed by atoms with Gasteiger partial charge >= 0.3 is 0 Å². The Balaban J connectivity index is 1.90. The molecule has 0 aliphatic rings. The molecule has 2 aromatic heterocycles. The van der Waals surface area contributed by atoms with Crippen LogP contribution in [0.3, 0.4) is 0 Å². The van der Waals surface area contributed by atoms with Gasteiger partial charge in [-0.1, -0.05) is 35.9 Å². The number of fused-ring (bicyclic) bond motifs is 2. The van der Waals surface area contributed by atoms with Gasteiger partial charge in [0.2, 0.25) is 5.88 Å².